The second kappa shape index (κ2) is 6.12. The summed E-state index contributed by atoms with van der Waals surface area (Å²) < 4.78 is 0. The summed E-state index contributed by atoms with van der Waals surface area (Å²) in [5.41, 5.74) is 0. The quantitative estimate of drug-likeness (QED) is 0.820. The molecule has 3 rings (SSSR count). The number of carbonyl (C=O) groups is 2. The molecule has 1 N–H and O–H groups in total. The number of hydrogen-bond acceptors (Lipinski definition) is 3. The minimum Gasteiger partial charge on any atom is -0.352 e. The Balaban J connectivity index is 1.39. The molecule has 5 heteroatoms. The average Bonchev–Trinajstić information content (AvgIpc) is 3.08. The number of carbonyl (C=O) groups excluding carboxylic acids is 2. The number of piperidine rings is 1. The molecule has 0 aromatic heterocycles. The third-order valence-electron chi connectivity index (χ3n) is 4.66. The highest BCUT2D eigenvalue weighted by molar-refractivity contribution is 5.80. The smallest absolute Gasteiger partial charge is 0.234 e. The molecular formula is C15H25N3O2. The summed E-state index contributed by atoms with van der Waals surface area (Å²) in [6.07, 6.45) is 6.41. The van der Waals surface area contributed by atoms with Gasteiger partial charge < -0.3 is 10.2 Å². The molecule has 2 aliphatic heterocycles. The van der Waals surface area contributed by atoms with Gasteiger partial charge in [0.1, 0.15) is 0 Å². The maximum Gasteiger partial charge on any atom is 0.234 e. The number of rotatable bonds is 4. The Hall–Kier alpha value is -1.10. The zero-order valence-electron chi connectivity index (χ0n) is 12.1. The van der Waals surface area contributed by atoms with Crippen molar-refractivity contribution in [3.05, 3.63) is 0 Å². The summed E-state index contributed by atoms with van der Waals surface area (Å²) in [4.78, 5) is 28.3. The summed E-state index contributed by atoms with van der Waals surface area (Å²) in [5, 5.41) is 3.02. The van der Waals surface area contributed by atoms with Crippen molar-refractivity contribution < 1.29 is 9.59 Å². The van der Waals surface area contributed by atoms with Gasteiger partial charge in [-0.25, -0.2) is 0 Å². The SMILES string of the molecule is O=C(CN1CCC(C(=O)N2CCCC2)CC1)NC1CC1. The third-order valence-corrected chi connectivity index (χ3v) is 4.66. The van der Waals surface area contributed by atoms with E-state index in [1.54, 1.807) is 0 Å². The van der Waals surface area contributed by atoms with E-state index in [-0.39, 0.29) is 11.8 Å². The lowest BCUT2D eigenvalue weighted by atomic mass is 9.95. The molecule has 20 heavy (non-hydrogen) atoms. The van der Waals surface area contributed by atoms with Gasteiger partial charge in [-0.05, 0) is 51.6 Å². The molecule has 2 amide bonds. The van der Waals surface area contributed by atoms with Crippen LogP contribution >= 0.6 is 0 Å². The molecular weight excluding hydrogens is 254 g/mol. The van der Waals surface area contributed by atoms with Crippen LogP contribution in [0.15, 0.2) is 0 Å². The molecule has 5 nitrogen and oxygen atoms in total. The fourth-order valence-corrected chi connectivity index (χ4v) is 3.24. The predicted molar refractivity (Wildman–Crippen MR) is 76.1 cm³/mol. The first kappa shape index (κ1) is 13.9. The molecule has 1 aliphatic carbocycles. The summed E-state index contributed by atoms with van der Waals surface area (Å²) in [6.45, 7) is 4.15. The maximum atomic E-state index is 12.3. The van der Waals surface area contributed by atoms with Gasteiger partial charge in [0.25, 0.3) is 0 Å². The van der Waals surface area contributed by atoms with Gasteiger partial charge in [0, 0.05) is 25.0 Å². The van der Waals surface area contributed by atoms with Crippen molar-refractivity contribution in [1.82, 2.24) is 15.1 Å². The molecule has 0 aromatic carbocycles. The Labute approximate surface area is 120 Å². The Bertz CT molecular complexity index is 367. The van der Waals surface area contributed by atoms with E-state index in [1.165, 1.54) is 0 Å². The first-order valence-electron chi connectivity index (χ1n) is 8.03. The Morgan fingerprint density at radius 1 is 0.950 bits per heavy atom. The molecule has 0 unspecified atom stereocenters. The average molecular weight is 279 g/mol. The molecule has 1 saturated carbocycles. The summed E-state index contributed by atoms with van der Waals surface area (Å²) >= 11 is 0. The standard InChI is InChI=1S/C15H25N3O2/c19-14(16-13-3-4-13)11-17-9-5-12(6-10-17)15(20)18-7-1-2-8-18/h12-13H,1-11H2,(H,16,19). The highest BCUT2D eigenvalue weighted by Crippen LogP contribution is 2.22. The lowest BCUT2D eigenvalue weighted by Gasteiger charge is -2.32. The van der Waals surface area contributed by atoms with E-state index in [9.17, 15) is 9.59 Å². The largest absolute Gasteiger partial charge is 0.352 e. The van der Waals surface area contributed by atoms with Crippen molar-refractivity contribution in [3.8, 4) is 0 Å². The molecule has 3 aliphatic rings. The fourth-order valence-electron chi connectivity index (χ4n) is 3.24. The van der Waals surface area contributed by atoms with E-state index in [4.69, 9.17) is 0 Å². The van der Waals surface area contributed by atoms with E-state index in [0.29, 0.717) is 18.5 Å². The van der Waals surface area contributed by atoms with Gasteiger partial charge in [-0.3, -0.25) is 14.5 Å². The van der Waals surface area contributed by atoms with Gasteiger partial charge in [-0.15, -0.1) is 0 Å². The molecule has 3 fully saturated rings. The van der Waals surface area contributed by atoms with Crippen LogP contribution in [0.5, 0.6) is 0 Å². The summed E-state index contributed by atoms with van der Waals surface area (Å²) in [5.74, 6) is 0.692. The number of amides is 2. The van der Waals surface area contributed by atoms with E-state index >= 15 is 0 Å². The lowest BCUT2D eigenvalue weighted by molar-refractivity contribution is -0.136. The molecule has 0 radical (unpaired) electrons. The lowest BCUT2D eigenvalue weighted by Crippen LogP contribution is -2.45. The minimum absolute atomic E-state index is 0.150. The van der Waals surface area contributed by atoms with Gasteiger partial charge in [0.2, 0.25) is 11.8 Å². The number of nitrogens with one attached hydrogen (secondary N) is 1. The monoisotopic (exact) mass is 279 g/mol. The van der Waals surface area contributed by atoms with E-state index in [2.05, 4.69) is 10.2 Å². The van der Waals surface area contributed by atoms with Gasteiger partial charge in [-0.1, -0.05) is 0 Å². The van der Waals surface area contributed by atoms with Crippen LogP contribution in [0, 0.1) is 5.92 Å². The number of likely N-dealkylation sites (tertiary alicyclic amines) is 2. The second-order valence-corrected chi connectivity index (χ2v) is 6.42. The third kappa shape index (κ3) is 3.51. The molecule has 2 saturated heterocycles. The molecule has 112 valence electrons. The van der Waals surface area contributed by atoms with Gasteiger partial charge >= 0.3 is 0 Å². The maximum absolute atomic E-state index is 12.3. The van der Waals surface area contributed by atoms with Crippen molar-refractivity contribution in [1.29, 1.82) is 0 Å². The van der Waals surface area contributed by atoms with Crippen LogP contribution in [0.3, 0.4) is 0 Å². The normalized spacial score (nSPS) is 24.9. The predicted octanol–water partition coefficient (Wildman–Crippen LogP) is 0.599. The zero-order valence-corrected chi connectivity index (χ0v) is 12.1. The van der Waals surface area contributed by atoms with Gasteiger partial charge in [-0.2, -0.15) is 0 Å². The Kier molecular flexibility index (Phi) is 4.24. The van der Waals surface area contributed by atoms with Crippen LogP contribution in [-0.4, -0.2) is 60.4 Å². The van der Waals surface area contributed by atoms with Crippen LogP contribution in [0.1, 0.15) is 38.5 Å². The number of nitrogens with zero attached hydrogens (tertiary/aromatic N) is 2. The Morgan fingerprint density at radius 3 is 2.20 bits per heavy atom. The van der Waals surface area contributed by atoms with Crippen molar-refractivity contribution in [2.45, 2.75) is 44.6 Å². The van der Waals surface area contributed by atoms with Crippen LogP contribution in [-0.2, 0) is 9.59 Å². The summed E-state index contributed by atoms with van der Waals surface area (Å²) in [6, 6.07) is 0.441. The first-order valence-corrected chi connectivity index (χ1v) is 8.03. The number of hydrogen-bond donors (Lipinski definition) is 1. The van der Waals surface area contributed by atoms with Crippen LogP contribution < -0.4 is 5.32 Å². The Morgan fingerprint density at radius 2 is 1.60 bits per heavy atom. The van der Waals surface area contributed by atoms with Crippen molar-refractivity contribution in [2.75, 3.05) is 32.7 Å². The van der Waals surface area contributed by atoms with Crippen molar-refractivity contribution in [3.63, 3.8) is 0 Å². The van der Waals surface area contributed by atoms with E-state index in [0.717, 1.165) is 64.7 Å². The highest BCUT2D eigenvalue weighted by Gasteiger charge is 2.31. The van der Waals surface area contributed by atoms with E-state index < -0.39 is 0 Å². The first-order chi connectivity index (χ1) is 9.72. The molecule has 0 bridgehead atoms. The van der Waals surface area contributed by atoms with Crippen molar-refractivity contribution >= 4 is 11.8 Å². The highest BCUT2D eigenvalue weighted by atomic mass is 16.2. The van der Waals surface area contributed by atoms with E-state index in [1.807, 2.05) is 4.90 Å². The topological polar surface area (TPSA) is 52.7 Å². The zero-order chi connectivity index (χ0) is 13.9. The van der Waals surface area contributed by atoms with Crippen LogP contribution in [0.2, 0.25) is 0 Å². The molecule has 0 aromatic rings. The minimum atomic E-state index is 0.150. The fraction of sp³-hybridized carbons (Fsp3) is 0.867. The van der Waals surface area contributed by atoms with Gasteiger partial charge in [0.05, 0.1) is 6.54 Å². The molecule has 0 atom stereocenters. The van der Waals surface area contributed by atoms with Crippen LogP contribution in [0.4, 0.5) is 0 Å². The molecule has 2 heterocycles. The van der Waals surface area contributed by atoms with Crippen molar-refractivity contribution in [2.24, 2.45) is 5.92 Å². The second-order valence-electron chi connectivity index (χ2n) is 6.42. The van der Waals surface area contributed by atoms with Gasteiger partial charge in [0.15, 0.2) is 0 Å². The van der Waals surface area contributed by atoms with Crippen LogP contribution in [0.25, 0.3) is 0 Å². The summed E-state index contributed by atoms with van der Waals surface area (Å²) in [7, 11) is 0. The molecule has 0 spiro atoms.